The third-order valence-electron chi connectivity index (χ3n) is 2.54. The molecular weight excluding hydrogens is 246 g/mol. The number of nitrogens with zero attached hydrogens (tertiary/aromatic N) is 7. The van der Waals surface area contributed by atoms with Crippen LogP contribution in [-0.2, 0) is 0 Å². The van der Waals surface area contributed by atoms with Crippen molar-refractivity contribution >= 4 is 16.6 Å². The molecule has 0 saturated carbocycles. The number of hydrogen-bond donors (Lipinski definition) is 0. The lowest BCUT2D eigenvalue weighted by molar-refractivity contribution is 1.05. The fraction of sp³-hybridized carbons (Fsp3) is 0. The number of rotatable bonds is 1. The molecule has 0 saturated heterocycles. The zero-order chi connectivity index (χ0) is 13.2. The molecule has 3 heterocycles. The molecule has 0 aliphatic carbocycles. The van der Waals surface area contributed by atoms with E-state index in [0.29, 0.717) is 22.3 Å². The van der Waals surface area contributed by atoms with E-state index in [9.17, 15) is 4.79 Å². The number of hydrogen-bond acceptors (Lipinski definition) is 6. The maximum atomic E-state index is 11.7. The fourth-order valence-corrected chi connectivity index (χ4v) is 1.74. The Labute approximate surface area is 105 Å². The minimum atomic E-state index is -0.608. The Morgan fingerprint density at radius 1 is 1.37 bits per heavy atom. The second-order valence-electron chi connectivity index (χ2n) is 3.65. The van der Waals surface area contributed by atoms with E-state index in [1.165, 1.54) is 12.3 Å². The summed E-state index contributed by atoms with van der Waals surface area (Å²) in [6.45, 7) is 0. The highest BCUT2D eigenvalue weighted by Crippen LogP contribution is 2.24. The van der Waals surface area contributed by atoms with Crippen LogP contribution in [-0.4, -0.2) is 20.2 Å². The van der Waals surface area contributed by atoms with Crippen LogP contribution in [0.15, 0.2) is 40.5 Å². The Balaban J connectivity index is 2.50. The van der Waals surface area contributed by atoms with Gasteiger partial charge in [-0.15, -0.1) is 5.10 Å². The first kappa shape index (κ1) is 11.0. The first-order chi connectivity index (χ1) is 9.29. The average molecular weight is 251 g/mol. The molecule has 1 aromatic rings. The maximum Gasteiger partial charge on any atom is 0.280 e. The van der Waals surface area contributed by atoms with E-state index >= 15 is 0 Å². The van der Waals surface area contributed by atoms with E-state index in [-0.39, 0.29) is 5.69 Å². The summed E-state index contributed by atoms with van der Waals surface area (Å²) in [7, 11) is 0. The van der Waals surface area contributed by atoms with Crippen LogP contribution in [0.1, 0.15) is 0 Å². The third kappa shape index (κ3) is 1.81. The lowest BCUT2D eigenvalue weighted by Crippen LogP contribution is -2.07. The molecule has 0 fully saturated rings. The molecule has 8 heteroatoms. The molecule has 19 heavy (non-hydrogen) atoms. The highest BCUT2D eigenvalue weighted by Gasteiger charge is 2.12. The largest absolute Gasteiger partial charge is 0.280 e. The predicted octanol–water partition coefficient (Wildman–Crippen LogP) is 1.83. The van der Waals surface area contributed by atoms with E-state index in [0.717, 1.165) is 0 Å². The van der Waals surface area contributed by atoms with Gasteiger partial charge in [-0.25, -0.2) is 4.98 Å². The van der Waals surface area contributed by atoms with E-state index in [2.05, 4.69) is 30.2 Å². The summed E-state index contributed by atoms with van der Waals surface area (Å²) in [5, 5.41) is 11.7. The summed E-state index contributed by atoms with van der Waals surface area (Å²) >= 11 is 0. The van der Waals surface area contributed by atoms with Gasteiger partial charge in [0.05, 0.1) is 11.7 Å². The lowest BCUT2D eigenvalue weighted by atomic mass is 10.1. The molecule has 0 amide bonds. The third-order valence-corrected chi connectivity index (χ3v) is 2.54. The molecule has 1 aromatic heterocycles. The molecule has 2 aliphatic heterocycles. The van der Waals surface area contributed by atoms with E-state index in [1.54, 1.807) is 18.3 Å². The smallest absolute Gasteiger partial charge is 0.267 e. The van der Waals surface area contributed by atoms with Crippen molar-refractivity contribution in [3.8, 4) is 11.4 Å². The number of aromatic nitrogens is 4. The minimum absolute atomic E-state index is 0.104. The van der Waals surface area contributed by atoms with Crippen LogP contribution in [0.25, 0.3) is 32.7 Å². The molecule has 0 bridgehead atoms. The molecule has 3 rings (SSSR count). The van der Waals surface area contributed by atoms with Gasteiger partial charge in [-0.3, -0.25) is 9.78 Å². The molecule has 0 atom stereocenters. The van der Waals surface area contributed by atoms with Crippen LogP contribution >= 0.6 is 0 Å². The van der Waals surface area contributed by atoms with Crippen LogP contribution in [0.4, 0.5) is 5.69 Å². The van der Waals surface area contributed by atoms with Gasteiger partial charge in [-0.1, -0.05) is 5.11 Å². The second kappa shape index (κ2) is 4.28. The van der Waals surface area contributed by atoms with Crippen molar-refractivity contribution in [2.75, 3.05) is 0 Å². The van der Waals surface area contributed by atoms with E-state index in [4.69, 9.17) is 5.53 Å². The van der Waals surface area contributed by atoms with E-state index in [1.807, 2.05) is 0 Å². The highest BCUT2D eigenvalue weighted by molar-refractivity contribution is 5.90. The standard InChI is InChI=1S/C11H5N7O/c12-18-17-8-4-7-10(15-11(8)19)6-2-1-3-13-9(6)5-14-16-7/h1-5H. The number of fused-ring (bicyclic) bond motifs is 3. The normalized spacial score (nSPS) is 10.3. The zero-order valence-electron chi connectivity index (χ0n) is 9.43. The first-order valence-corrected chi connectivity index (χ1v) is 5.26. The van der Waals surface area contributed by atoms with Crippen molar-refractivity contribution < 1.29 is 0 Å². The molecule has 90 valence electrons. The van der Waals surface area contributed by atoms with Gasteiger partial charge in [-0.05, 0) is 23.7 Å². The van der Waals surface area contributed by atoms with Gasteiger partial charge in [0, 0.05) is 16.5 Å². The Kier molecular flexibility index (Phi) is 2.48. The summed E-state index contributed by atoms with van der Waals surface area (Å²) in [6.07, 6.45) is 3.09. The Morgan fingerprint density at radius 2 is 2.26 bits per heavy atom. The number of azide groups is 1. The Bertz CT molecular complexity index is 857. The van der Waals surface area contributed by atoms with Gasteiger partial charge in [0.1, 0.15) is 17.1 Å². The van der Waals surface area contributed by atoms with Gasteiger partial charge < -0.3 is 0 Å². The SMILES string of the molecule is [N-]=[N+]=Nc1cc2nncc3ncccc3c-2nc1=O. The minimum Gasteiger partial charge on any atom is -0.267 e. The van der Waals surface area contributed by atoms with Gasteiger partial charge in [0.2, 0.25) is 0 Å². The van der Waals surface area contributed by atoms with Crippen molar-refractivity contribution in [3.05, 3.63) is 51.4 Å². The van der Waals surface area contributed by atoms with Gasteiger partial charge in [0.25, 0.3) is 5.56 Å². The molecule has 8 nitrogen and oxygen atoms in total. The molecule has 0 aromatic carbocycles. The summed E-state index contributed by atoms with van der Waals surface area (Å²) in [6, 6.07) is 4.87. The number of pyridine rings is 2. The molecule has 0 N–H and O–H groups in total. The average Bonchev–Trinajstić information content (AvgIpc) is 2.59. The van der Waals surface area contributed by atoms with Gasteiger partial charge in [0.15, 0.2) is 0 Å². The maximum absolute atomic E-state index is 11.7. The van der Waals surface area contributed by atoms with Gasteiger partial charge in [-0.2, -0.15) is 5.10 Å². The van der Waals surface area contributed by atoms with Gasteiger partial charge >= 0.3 is 0 Å². The second-order valence-corrected chi connectivity index (χ2v) is 3.65. The Morgan fingerprint density at radius 3 is 3.11 bits per heavy atom. The van der Waals surface area contributed by atoms with Crippen LogP contribution in [0.3, 0.4) is 0 Å². The first-order valence-electron chi connectivity index (χ1n) is 5.26. The summed E-state index contributed by atoms with van der Waals surface area (Å²) in [5.74, 6) is 0. The van der Waals surface area contributed by atoms with Crippen molar-refractivity contribution in [1.82, 2.24) is 20.2 Å². The summed E-state index contributed by atoms with van der Waals surface area (Å²) in [4.78, 5) is 22.3. The quantitative estimate of drug-likeness (QED) is 0.371. The topological polar surface area (TPSA) is 117 Å². The molecule has 0 radical (unpaired) electrons. The van der Waals surface area contributed by atoms with Crippen molar-refractivity contribution in [1.29, 1.82) is 0 Å². The van der Waals surface area contributed by atoms with Crippen LogP contribution in [0.2, 0.25) is 0 Å². The predicted molar refractivity (Wildman–Crippen MR) is 66.8 cm³/mol. The van der Waals surface area contributed by atoms with Crippen LogP contribution < -0.4 is 5.56 Å². The van der Waals surface area contributed by atoms with Crippen molar-refractivity contribution in [2.45, 2.75) is 0 Å². The molecular formula is C11H5N7O. The molecule has 0 unspecified atom stereocenters. The summed E-state index contributed by atoms with van der Waals surface area (Å²) in [5.41, 5.74) is 8.99. The molecule has 2 aliphatic rings. The zero-order valence-corrected chi connectivity index (χ0v) is 9.43. The summed E-state index contributed by atoms with van der Waals surface area (Å²) < 4.78 is 0. The monoisotopic (exact) mass is 251 g/mol. The molecule has 0 spiro atoms. The van der Waals surface area contributed by atoms with Crippen molar-refractivity contribution in [2.24, 2.45) is 5.11 Å². The van der Waals surface area contributed by atoms with Crippen LogP contribution in [0.5, 0.6) is 0 Å². The Hall–Kier alpha value is -3.12. The van der Waals surface area contributed by atoms with E-state index < -0.39 is 5.56 Å². The lowest BCUT2D eigenvalue weighted by Gasteiger charge is -2.00. The highest BCUT2D eigenvalue weighted by atomic mass is 16.1. The van der Waals surface area contributed by atoms with Crippen LogP contribution in [0, 0.1) is 0 Å². The fourth-order valence-electron chi connectivity index (χ4n) is 1.74. The van der Waals surface area contributed by atoms with Crippen molar-refractivity contribution in [3.63, 3.8) is 0 Å².